The molecule has 12 nitrogen and oxygen atoms in total. The van der Waals surface area contributed by atoms with Gasteiger partial charge in [0.2, 0.25) is 0 Å². The second kappa shape index (κ2) is 11.0. The molecule has 1 saturated heterocycles. The fourth-order valence-corrected chi connectivity index (χ4v) is 6.78. The Labute approximate surface area is 244 Å². The Balaban J connectivity index is 0.00000320. The maximum atomic E-state index is 13.0. The second-order valence-electron chi connectivity index (χ2n) is 7.70. The first kappa shape index (κ1) is 27.3. The van der Waals surface area contributed by atoms with Gasteiger partial charge >= 0.3 is 29.6 Å². The Bertz CT molecular complexity index is 1490. The Kier molecular flexibility index (Phi) is 8.11. The molecule has 0 saturated carbocycles. The number of nitrogens with zero attached hydrogens (tertiary/aromatic N) is 5. The summed E-state index contributed by atoms with van der Waals surface area (Å²) >= 11 is 3.98. The zero-order valence-corrected chi connectivity index (χ0v) is 24.3. The van der Waals surface area contributed by atoms with Gasteiger partial charge in [-0.3, -0.25) is 18.9 Å². The largest absolute Gasteiger partial charge is 1.00 e. The first-order chi connectivity index (χ1) is 17.3. The zero-order valence-electron chi connectivity index (χ0n) is 19.8. The number of nitrogens with one attached hydrogen (secondary N) is 1. The van der Waals surface area contributed by atoms with Crippen LogP contribution < -0.4 is 45.7 Å². The average molecular weight is 568 g/mol. The van der Waals surface area contributed by atoms with Crippen molar-refractivity contribution in [3.05, 3.63) is 51.5 Å². The number of carbonyl (C=O) groups excluding carboxylic acids is 3. The number of anilines is 1. The van der Waals surface area contributed by atoms with E-state index in [1.807, 2.05) is 17.4 Å². The minimum absolute atomic E-state index is 0. The minimum atomic E-state index is -1.46. The zero-order chi connectivity index (χ0) is 25.6. The van der Waals surface area contributed by atoms with Crippen LogP contribution >= 0.6 is 34.4 Å². The standard InChI is InChI=1S/C21H19N7O5S3.Na/c1-9-12(36-13-5-23-8-27(9)13)4-3-10-6-34-19-15(18(30)28(19)16(10)20(31)32)25-17(29)14(26-33-2)11-7-35-21(22)24-11;/h3-5,7-8,15,19H,6H2,1-2H3,(H2,22,24)(H,25,29)(H,31,32);/q;+1/p-1/b4-3?,26-14-;/t15-,19-;/m1./s1. The van der Waals surface area contributed by atoms with E-state index in [4.69, 9.17) is 10.6 Å². The summed E-state index contributed by atoms with van der Waals surface area (Å²) in [6, 6.07) is -0.950. The number of thioether (sulfide) groups is 1. The molecule has 3 N–H and O–H groups in total. The molecule has 1 fully saturated rings. The van der Waals surface area contributed by atoms with Gasteiger partial charge in [0.15, 0.2) is 10.8 Å². The van der Waals surface area contributed by atoms with Crippen molar-refractivity contribution in [2.45, 2.75) is 18.3 Å². The third-order valence-electron chi connectivity index (χ3n) is 5.61. The summed E-state index contributed by atoms with van der Waals surface area (Å²) in [7, 11) is 1.28. The fourth-order valence-electron chi connectivity index (χ4n) is 3.91. The number of rotatable bonds is 7. The van der Waals surface area contributed by atoms with Crippen LogP contribution in [0.2, 0.25) is 0 Å². The molecular weight excluding hydrogens is 549 g/mol. The van der Waals surface area contributed by atoms with Crippen LogP contribution in [-0.4, -0.2) is 67.0 Å². The molecule has 0 unspecified atom stereocenters. The number of allylic oxidation sites excluding steroid dienone is 1. The van der Waals surface area contributed by atoms with Crippen LogP contribution in [0.25, 0.3) is 10.9 Å². The molecule has 0 spiro atoms. The number of oxime groups is 1. The number of aliphatic carboxylic acids is 1. The summed E-state index contributed by atoms with van der Waals surface area (Å²) < 4.78 is 1.94. The number of carbonyl (C=O) groups is 3. The summed E-state index contributed by atoms with van der Waals surface area (Å²) in [4.78, 5) is 53.8. The van der Waals surface area contributed by atoms with Gasteiger partial charge in [0.05, 0.1) is 17.9 Å². The fraction of sp³-hybridized carbons (Fsp3) is 0.238. The number of imidazole rings is 1. The maximum Gasteiger partial charge on any atom is 1.00 e. The predicted molar refractivity (Wildman–Crippen MR) is 134 cm³/mol. The quantitative estimate of drug-likeness (QED) is 0.133. The summed E-state index contributed by atoms with van der Waals surface area (Å²) in [6.07, 6.45) is 6.98. The van der Waals surface area contributed by atoms with E-state index in [-0.39, 0.29) is 51.8 Å². The summed E-state index contributed by atoms with van der Waals surface area (Å²) in [5.41, 5.74) is 6.92. The molecule has 2 aliphatic rings. The van der Waals surface area contributed by atoms with E-state index in [0.29, 0.717) is 11.3 Å². The van der Waals surface area contributed by atoms with Gasteiger partial charge in [0.1, 0.15) is 35.4 Å². The minimum Gasteiger partial charge on any atom is -0.543 e. The molecule has 5 heterocycles. The summed E-state index contributed by atoms with van der Waals surface area (Å²) in [5.74, 6) is -2.40. The van der Waals surface area contributed by atoms with Gasteiger partial charge in [0.25, 0.3) is 11.8 Å². The predicted octanol–water partition coefficient (Wildman–Crippen LogP) is -2.79. The van der Waals surface area contributed by atoms with E-state index in [1.165, 1.54) is 30.2 Å². The topological polar surface area (TPSA) is 167 Å². The van der Waals surface area contributed by atoms with Crippen molar-refractivity contribution >= 4 is 74.0 Å². The molecule has 2 aliphatic heterocycles. The number of aryl methyl sites for hydroxylation is 1. The second-order valence-corrected chi connectivity index (χ2v) is 10.8. The van der Waals surface area contributed by atoms with Crippen LogP contribution in [0.3, 0.4) is 0 Å². The molecule has 5 rings (SSSR count). The van der Waals surface area contributed by atoms with Crippen LogP contribution in [0.4, 0.5) is 5.13 Å². The number of hydrogen-bond donors (Lipinski definition) is 2. The Morgan fingerprint density at radius 3 is 2.81 bits per heavy atom. The first-order valence-electron chi connectivity index (χ1n) is 10.4. The number of thiazole rings is 2. The number of nitrogens with two attached hydrogens (primary N) is 1. The number of β-lactam (4-membered cyclic amide) rings is 1. The smallest absolute Gasteiger partial charge is 0.543 e. The van der Waals surface area contributed by atoms with Gasteiger partial charge in [-0.25, -0.2) is 9.97 Å². The van der Waals surface area contributed by atoms with E-state index in [2.05, 4.69) is 20.4 Å². The van der Waals surface area contributed by atoms with Crippen molar-refractivity contribution in [1.82, 2.24) is 24.6 Å². The van der Waals surface area contributed by atoms with Crippen molar-refractivity contribution in [3.63, 3.8) is 0 Å². The van der Waals surface area contributed by atoms with E-state index in [1.54, 1.807) is 24.0 Å². The molecule has 37 heavy (non-hydrogen) atoms. The summed E-state index contributed by atoms with van der Waals surface area (Å²) in [6.45, 7) is 1.94. The monoisotopic (exact) mass is 567 g/mol. The molecule has 0 aliphatic carbocycles. The number of fused-ring (bicyclic) bond motifs is 2. The molecule has 0 bridgehead atoms. The number of carboxylic acids is 1. The third-order valence-corrected chi connectivity index (χ3v) is 8.75. The number of aromatic nitrogens is 3. The average Bonchev–Trinajstić information content (AvgIpc) is 3.56. The molecule has 0 radical (unpaired) electrons. The SMILES string of the molecule is CO/N=C(\C(=O)N[C@@H]1C(=O)N2C(C(=O)[O-])=C(C=Cc3sc4cncn4c3C)CS[C@H]12)c1csc(N)n1.[Na+]. The number of amides is 2. The van der Waals surface area contributed by atoms with Gasteiger partial charge in [-0.2, -0.15) is 0 Å². The number of nitrogen functional groups attached to an aromatic ring is 1. The van der Waals surface area contributed by atoms with Crippen molar-refractivity contribution in [1.29, 1.82) is 0 Å². The molecule has 3 aromatic heterocycles. The summed E-state index contributed by atoms with van der Waals surface area (Å²) in [5, 5.41) is 19.5. The van der Waals surface area contributed by atoms with Gasteiger partial charge < -0.3 is 25.8 Å². The van der Waals surface area contributed by atoms with Crippen molar-refractivity contribution < 1.29 is 53.9 Å². The molecule has 0 aromatic carbocycles. The number of carboxylic acid groups (broad SMARTS) is 1. The first-order valence-corrected chi connectivity index (χ1v) is 13.2. The van der Waals surface area contributed by atoms with E-state index in [9.17, 15) is 19.5 Å². The molecule has 16 heteroatoms. The van der Waals surface area contributed by atoms with Crippen molar-refractivity contribution in [3.8, 4) is 0 Å². The molecule has 186 valence electrons. The van der Waals surface area contributed by atoms with Crippen molar-refractivity contribution in [2.24, 2.45) is 5.16 Å². The Morgan fingerprint density at radius 1 is 1.38 bits per heavy atom. The van der Waals surface area contributed by atoms with Gasteiger partial charge in [-0.05, 0) is 18.6 Å². The van der Waals surface area contributed by atoms with Crippen LogP contribution in [0, 0.1) is 6.92 Å². The van der Waals surface area contributed by atoms with Crippen LogP contribution in [0.15, 0.2) is 40.4 Å². The maximum absolute atomic E-state index is 13.0. The molecule has 2 amide bonds. The molecule has 2 atom stereocenters. The van der Waals surface area contributed by atoms with E-state index >= 15 is 0 Å². The van der Waals surface area contributed by atoms with Crippen LogP contribution in [-0.2, 0) is 19.2 Å². The van der Waals surface area contributed by atoms with E-state index < -0.39 is 29.2 Å². The van der Waals surface area contributed by atoms with Crippen LogP contribution in [0.5, 0.6) is 0 Å². The molecule has 3 aromatic rings. The molecular formula is C21H18N7NaO5S3. The van der Waals surface area contributed by atoms with E-state index in [0.717, 1.165) is 31.6 Å². The van der Waals surface area contributed by atoms with Gasteiger partial charge in [-0.15, -0.1) is 34.4 Å². The number of hydrogen-bond acceptors (Lipinski definition) is 12. The Hall–Kier alpha value is -2.69. The van der Waals surface area contributed by atoms with Crippen LogP contribution in [0.1, 0.15) is 16.3 Å². The van der Waals surface area contributed by atoms with Gasteiger partial charge in [-0.1, -0.05) is 11.2 Å². The third kappa shape index (κ3) is 4.94. The van der Waals surface area contributed by atoms with Crippen molar-refractivity contribution in [2.75, 3.05) is 18.6 Å². The normalized spacial score (nSPS) is 19.6. The van der Waals surface area contributed by atoms with Gasteiger partial charge in [0, 0.05) is 21.7 Å². The Morgan fingerprint density at radius 2 is 2.16 bits per heavy atom.